The van der Waals surface area contributed by atoms with Crippen molar-refractivity contribution in [3.8, 4) is 69.9 Å². The molecule has 0 unspecified atom stereocenters. The Labute approximate surface area is 458 Å². The number of hydrogen-bond acceptors (Lipinski definition) is 2. The second-order valence-corrected chi connectivity index (χ2v) is 19.6. The van der Waals surface area contributed by atoms with Crippen molar-refractivity contribution in [3.05, 3.63) is 275 Å². The third-order valence-corrected chi connectivity index (χ3v) is 14.0. The first-order valence-electron chi connectivity index (χ1n) is 26.1. The van der Waals surface area contributed by atoms with Crippen LogP contribution in [0.3, 0.4) is 0 Å². The highest BCUT2D eigenvalue weighted by Gasteiger charge is 2.23. The van der Waals surface area contributed by atoms with Crippen molar-refractivity contribution in [3.63, 3.8) is 0 Å². The van der Waals surface area contributed by atoms with E-state index in [9.17, 15) is 0 Å². The molecule has 0 aliphatic heterocycles. The molecule has 0 atom stereocenters. The Morgan fingerprint density at radius 1 is 0.295 bits per heavy atom. The average Bonchev–Trinajstić information content (AvgIpc) is 4.16. The van der Waals surface area contributed by atoms with Gasteiger partial charge in [0, 0.05) is 97.2 Å². The molecule has 0 saturated heterocycles. The molecule has 0 spiro atoms. The molecule has 0 amide bonds. The number of aryl methyl sites for hydroxylation is 2. The minimum atomic E-state index is 1.00. The first-order valence-corrected chi connectivity index (χ1v) is 26.1. The van der Waals surface area contributed by atoms with E-state index in [1.165, 1.54) is 21.5 Å². The summed E-state index contributed by atoms with van der Waals surface area (Å²) in [4.78, 5) is 4.36. The van der Waals surface area contributed by atoms with Crippen LogP contribution in [-0.2, 0) is 14.1 Å². The molecule has 10 aromatic carbocycles. The van der Waals surface area contributed by atoms with Gasteiger partial charge in [-0.05, 0) is 82.6 Å². The summed E-state index contributed by atoms with van der Waals surface area (Å²) >= 11 is 0. The lowest BCUT2D eigenvalue weighted by atomic mass is 9.98. The van der Waals surface area contributed by atoms with Crippen molar-refractivity contribution >= 4 is 54.7 Å². The van der Waals surface area contributed by atoms with Crippen LogP contribution in [0, 0.1) is 47.4 Å². The van der Waals surface area contributed by atoms with E-state index in [-0.39, 0.29) is 0 Å². The van der Waals surface area contributed by atoms with Gasteiger partial charge in [-0.15, -0.1) is 0 Å². The van der Waals surface area contributed by atoms with Gasteiger partial charge in [-0.1, -0.05) is 217 Å². The summed E-state index contributed by atoms with van der Waals surface area (Å²) in [7, 11) is 12.7. The fraction of sp³-hybridized carbons (Fsp3) is 0.0811. The summed E-state index contributed by atoms with van der Waals surface area (Å²) < 4.78 is 4.62. The van der Waals surface area contributed by atoms with Gasteiger partial charge < -0.3 is 18.9 Å². The second kappa shape index (κ2) is 22.2. The first kappa shape index (κ1) is 49.8. The van der Waals surface area contributed by atoms with Crippen LogP contribution in [0.2, 0.25) is 0 Å². The van der Waals surface area contributed by atoms with Crippen molar-refractivity contribution in [2.45, 2.75) is 0 Å². The number of aromatic nitrogens is 2. The van der Waals surface area contributed by atoms with Crippen LogP contribution in [0.1, 0.15) is 44.5 Å². The minimum Gasteiger partial charge on any atom is -0.376 e. The smallest absolute Gasteiger partial charge is 0.0648 e. The van der Waals surface area contributed by atoms with Gasteiger partial charge in [0.25, 0.3) is 0 Å². The van der Waals surface area contributed by atoms with Crippen LogP contribution in [0.4, 0.5) is 11.4 Å². The first-order chi connectivity index (χ1) is 38.2. The SMILES string of the molecule is CN(C)c1c(C#Cc2ccccc2)ccc2ccc3c(C#Cc4ccccc4)c(-c4ccccc4)n(C)c3c12.CN(C)c1c(C#Cc2ccccc2)ccc2ccc3c(C#Cc4ccccc4)c(-c4ccccc4)n(C)c3c12. The van der Waals surface area contributed by atoms with Gasteiger partial charge in [0.1, 0.15) is 0 Å². The highest BCUT2D eigenvalue weighted by Crippen LogP contribution is 2.43. The maximum absolute atomic E-state index is 3.55. The van der Waals surface area contributed by atoms with E-state index in [4.69, 9.17) is 0 Å². The monoisotopic (exact) mass is 1000 g/mol. The number of fused-ring (bicyclic) bond motifs is 6. The van der Waals surface area contributed by atoms with Crippen LogP contribution in [0.15, 0.2) is 231 Å². The Balaban J connectivity index is 0.000000165. The third kappa shape index (κ3) is 10.00. The van der Waals surface area contributed by atoms with E-state index in [1.54, 1.807) is 0 Å². The molecule has 0 radical (unpaired) electrons. The largest absolute Gasteiger partial charge is 0.376 e. The zero-order chi connectivity index (χ0) is 53.5. The van der Waals surface area contributed by atoms with Crippen LogP contribution in [-0.4, -0.2) is 37.3 Å². The van der Waals surface area contributed by atoms with Gasteiger partial charge in [-0.3, -0.25) is 0 Å². The molecule has 4 nitrogen and oxygen atoms in total. The van der Waals surface area contributed by atoms with Crippen molar-refractivity contribution in [2.75, 3.05) is 38.0 Å². The Morgan fingerprint density at radius 3 is 0.885 bits per heavy atom. The number of benzene rings is 10. The summed E-state index contributed by atoms with van der Waals surface area (Å²) in [5.74, 6) is 27.6. The molecule has 12 rings (SSSR count). The van der Waals surface area contributed by atoms with Crippen molar-refractivity contribution in [1.29, 1.82) is 0 Å². The standard InChI is InChI=1S/2C37H28N2/c2*1-38(2)36-31(21-19-27-13-7-4-8-14-27)23-22-29-24-26-33-32(25-20-28-15-9-5-10-16-28)35(30-17-11-6-12-18-30)39(3)37(33)34(29)36/h2*4-18,22-24,26H,1-3H3. The maximum atomic E-state index is 3.55. The van der Waals surface area contributed by atoms with Crippen molar-refractivity contribution in [2.24, 2.45) is 14.1 Å². The van der Waals surface area contributed by atoms with Gasteiger partial charge in [0.2, 0.25) is 0 Å². The van der Waals surface area contributed by atoms with Crippen molar-refractivity contribution < 1.29 is 0 Å². The van der Waals surface area contributed by atoms with E-state index < -0.39 is 0 Å². The molecule has 0 saturated carbocycles. The van der Waals surface area contributed by atoms with Gasteiger partial charge >= 0.3 is 0 Å². The normalized spacial score (nSPS) is 10.5. The van der Waals surface area contributed by atoms with Gasteiger partial charge in [-0.2, -0.15) is 0 Å². The van der Waals surface area contributed by atoms with Crippen LogP contribution >= 0.6 is 0 Å². The lowest BCUT2D eigenvalue weighted by molar-refractivity contribution is 0.980. The van der Waals surface area contributed by atoms with E-state index >= 15 is 0 Å². The maximum Gasteiger partial charge on any atom is 0.0648 e. The summed E-state index contributed by atoms with van der Waals surface area (Å²) in [6.45, 7) is 0. The third-order valence-electron chi connectivity index (χ3n) is 14.0. The van der Waals surface area contributed by atoms with E-state index in [0.29, 0.717) is 0 Å². The minimum absolute atomic E-state index is 1.00. The summed E-state index contributed by atoms with van der Waals surface area (Å²) in [6.07, 6.45) is 0. The predicted octanol–water partition coefficient (Wildman–Crippen LogP) is 15.7. The molecular weight excluding hydrogens is 945 g/mol. The zero-order valence-corrected chi connectivity index (χ0v) is 44.7. The van der Waals surface area contributed by atoms with Gasteiger partial charge in [-0.25, -0.2) is 0 Å². The fourth-order valence-electron chi connectivity index (χ4n) is 10.6. The van der Waals surface area contributed by atoms with Crippen LogP contribution < -0.4 is 9.80 Å². The summed E-state index contributed by atoms with van der Waals surface area (Å²) in [6, 6.07) is 79.2. The Kier molecular flexibility index (Phi) is 14.2. The van der Waals surface area contributed by atoms with E-state index in [2.05, 4.69) is 242 Å². The number of rotatable bonds is 4. The van der Waals surface area contributed by atoms with E-state index in [0.717, 1.165) is 100 Å². The number of hydrogen-bond donors (Lipinski definition) is 0. The molecule has 0 bridgehead atoms. The Hall–Kier alpha value is -10.4. The van der Waals surface area contributed by atoms with Crippen LogP contribution in [0.25, 0.3) is 65.9 Å². The molecule has 0 N–H and O–H groups in total. The zero-order valence-electron chi connectivity index (χ0n) is 44.7. The van der Waals surface area contributed by atoms with Crippen molar-refractivity contribution in [1.82, 2.24) is 9.13 Å². The number of anilines is 2. The summed E-state index contributed by atoms with van der Waals surface area (Å²) in [5.41, 5.74) is 17.2. The lowest BCUT2D eigenvalue weighted by Crippen LogP contribution is -2.11. The lowest BCUT2D eigenvalue weighted by Gasteiger charge is -2.19. The second-order valence-electron chi connectivity index (χ2n) is 19.6. The molecule has 4 heteroatoms. The van der Waals surface area contributed by atoms with Gasteiger partial charge in [0.05, 0.1) is 44.9 Å². The molecule has 2 aromatic heterocycles. The summed E-state index contributed by atoms with van der Waals surface area (Å²) in [5, 5.41) is 7.01. The quantitative estimate of drug-likeness (QED) is 0.163. The van der Waals surface area contributed by atoms with Crippen LogP contribution in [0.5, 0.6) is 0 Å². The van der Waals surface area contributed by atoms with Gasteiger partial charge in [0.15, 0.2) is 0 Å². The molecule has 0 aliphatic carbocycles. The molecule has 0 fully saturated rings. The molecule has 78 heavy (non-hydrogen) atoms. The highest BCUT2D eigenvalue weighted by atomic mass is 15.1. The van der Waals surface area contributed by atoms with E-state index in [1.807, 2.05) is 97.1 Å². The topological polar surface area (TPSA) is 16.3 Å². The Bertz CT molecular complexity index is 4140. The molecule has 372 valence electrons. The highest BCUT2D eigenvalue weighted by molar-refractivity contribution is 6.18. The molecule has 2 heterocycles. The molecule has 12 aromatic rings. The average molecular weight is 1000 g/mol. The fourth-order valence-corrected chi connectivity index (χ4v) is 10.6. The predicted molar refractivity (Wildman–Crippen MR) is 330 cm³/mol. The molecule has 0 aliphatic rings. The Morgan fingerprint density at radius 2 is 0.577 bits per heavy atom. The number of nitrogens with zero attached hydrogens (tertiary/aromatic N) is 4. The molecular formula is C74H56N4.